The molecule has 0 rings (SSSR count). The molecule has 0 fully saturated rings. The van der Waals surface area contributed by atoms with Crippen molar-refractivity contribution < 1.29 is 121 Å². The molecule has 0 saturated heterocycles. The standard InChI is InChI=1S/2Al.2Ni.5H2O4S/c;;;;5*1-5(2,3)4/h;;;;5*(H2,1,2,3,4)/q2*+3;2*+2;;;;;/p-10. The van der Waals surface area contributed by atoms with Gasteiger partial charge < -0.3 is 45.5 Å². The van der Waals surface area contributed by atoms with E-state index in [1.165, 1.54) is 0 Å². The van der Waals surface area contributed by atoms with Crippen molar-refractivity contribution in [1.82, 2.24) is 0 Å². The molecule has 176 valence electrons. The smallest absolute Gasteiger partial charge is 0.759 e. The Labute approximate surface area is 205 Å². The summed E-state index contributed by atoms with van der Waals surface area (Å²) in [7, 11) is -25.8. The SMILES string of the molecule is O=S(=O)([O-])[O-].O=S(=O)([O-])[O-].O=S(=O)([O-])[O-].O=S(=O)([O-])[O-].O=S(=O)([O-])[O-].[Al+3].[Al+3].[Ni+2].[Ni+2]. The van der Waals surface area contributed by atoms with Gasteiger partial charge in [-0.3, -0.25) is 42.1 Å². The third-order valence-electron chi connectivity index (χ3n) is 0. The molecule has 0 heterocycles. The minimum atomic E-state index is -5.17. The number of hydrogen-bond donors (Lipinski definition) is 0. The minimum absolute atomic E-state index is 0. The summed E-state index contributed by atoms with van der Waals surface area (Å²) in [6.45, 7) is 0. The van der Waals surface area contributed by atoms with Crippen LogP contribution in [0.5, 0.6) is 0 Å². The van der Waals surface area contributed by atoms with Crippen LogP contribution in [0.3, 0.4) is 0 Å². The summed E-state index contributed by atoms with van der Waals surface area (Å²) in [5.41, 5.74) is 0. The Kier molecular flexibility index (Phi) is 47.6. The van der Waals surface area contributed by atoms with Gasteiger partial charge in [0.05, 0.1) is 0 Å². The average Bonchev–Trinajstić information content (AvgIpc) is 1.79. The summed E-state index contributed by atoms with van der Waals surface area (Å²) in [6.07, 6.45) is 0. The summed E-state index contributed by atoms with van der Waals surface area (Å²) < 4.78 is 170. The average molecular weight is 652 g/mol. The molecular weight excluding hydrogens is 652 g/mol. The first-order valence-corrected chi connectivity index (χ1v) is 10.0. The van der Waals surface area contributed by atoms with E-state index < -0.39 is 52.0 Å². The fourth-order valence-electron chi connectivity index (χ4n) is 0. The van der Waals surface area contributed by atoms with Crippen LogP contribution < -0.4 is 0 Å². The minimum Gasteiger partial charge on any atom is -0.759 e. The van der Waals surface area contributed by atoms with Gasteiger partial charge in [0.2, 0.25) is 0 Å². The zero-order chi connectivity index (χ0) is 22.5. The van der Waals surface area contributed by atoms with Crippen molar-refractivity contribution in [3.8, 4) is 0 Å². The first-order valence-electron chi connectivity index (χ1n) is 3.33. The molecule has 29 heavy (non-hydrogen) atoms. The van der Waals surface area contributed by atoms with Crippen molar-refractivity contribution in [3.05, 3.63) is 0 Å². The van der Waals surface area contributed by atoms with Gasteiger partial charge >= 0.3 is 67.7 Å². The van der Waals surface area contributed by atoms with Crippen LogP contribution in [0.2, 0.25) is 0 Å². The van der Waals surface area contributed by atoms with E-state index in [4.69, 9.17) is 87.6 Å². The van der Waals surface area contributed by atoms with Gasteiger partial charge in [0.1, 0.15) is 0 Å². The Hall–Kier alpha value is 1.40. The molecule has 0 aromatic rings. The molecule has 0 aromatic heterocycles. The summed E-state index contributed by atoms with van der Waals surface area (Å²) in [5, 5.41) is 0. The zero-order valence-electron chi connectivity index (χ0n) is 12.0. The van der Waals surface area contributed by atoms with Gasteiger partial charge in [0.25, 0.3) is 0 Å². The van der Waals surface area contributed by atoms with E-state index in [-0.39, 0.29) is 67.7 Å². The Morgan fingerprint density at radius 1 is 0.276 bits per heavy atom. The largest absolute Gasteiger partial charge is 3.00 e. The van der Waals surface area contributed by atoms with Gasteiger partial charge in [0.15, 0.2) is 0 Å². The van der Waals surface area contributed by atoms with Crippen molar-refractivity contribution >= 4 is 86.7 Å². The second kappa shape index (κ2) is 24.1. The van der Waals surface area contributed by atoms with Crippen LogP contribution in [0.1, 0.15) is 0 Å². The first kappa shape index (κ1) is 57.4. The fraction of sp³-hybridized carbons (Fsp3) is 0. The zero-order valence-corrected chi connectivity index (χ0v) is 20.4. The van der Waals surface area contributed by atoms with Crippen LogP contribution in [0.25, 0.3) is 0 Å². The molecule has 0 atom stereocenters. The second-order valence-corrected chi connectivity index (χ2v) is 6.12. The molecule has 29 heteroatoms. The predicted molar refractivity (Wildman–Crippen MR) is 63.9 cm³/mol. The van der Waals surface area contributed by atoms with Crippen LogP contribution in [0.15, 0.2) is 0 Å². The van der Waals surface area contributed by atoms with Crippen LogP contribution in [-0.2, 0) is 85.0 Å². The third-order valence-corrected chi connectivity index (χ3v) is 0. The molecule has 0 amide bonds. The maximum Gasteiger partial charge on any atom is 3.00 e. The quantitative estimate of drug-likeness (QED) is 0.133. The Morgan fingerprint density at radius 2 is 0.276 bits per heavy atom. The molecule has 0 radical (unpaired) electrons. The topological polar surface area (TPSA) is 401 Å². The normalized spacial score (nSPS) is 10.0. The molecule has 0 aliphatic rings. The third kappa shape index (κ3) is 11200. The van der Waals surface area contributed by atoms with Crippen molar-refractivity contribution in [2.75, 3.05) is 0 Å². The van der Waals surface area contributed by atoms with Crippen LogP contribution >= 0.6 is 0 Å². The molecule has 0 unspecified atom stereocenters. The molecule has 0 aromatic carbocycles. The van der Waals surface area contributed by atoms with Crippen molar-refractivity contribution in [1.29, 1.82) is 0 Å². The monoisotopic (exact) mass is 650 g/mol. The molecule has 0 saturated carbocycles. The Bertz CT molecular complexity index is 629. The van der Waals surface area contributed by atoms with Gasteiger partial charge in [-0.15, -0.1) is 0 Å². The van der Waals surface area contributed by atoms with E-state index in [0.717, 1.165) is 0 Å². The Balaban J connectivity index is -0.0000000238. The van der Waals surface area contributed by atoms with Gasteiger partial charge in [-0.25, -0.2) is 0 Å². The van der Waals surface area contributed by atoms with E-state index in [2.05, 4.69) is 0 Å². The van der Waals surface area contributed by atoms with Gasteiger partial charge in [-0.2, -0.15) is 0 Å². The molecule has 0 spiro atoms. The van der Waals surface area contributed by atoms with E-state index >= 15 is 0 Å². The fourth-order valence-corrected chi connectivity index (χ4v) is 0. The summed E-state index contributed by atoms with van der Waals surface area (Å²) >= 11 is 0. The summed E-state index contributed by atoms with van der Waals surface area (Å²) in [5.74, 6) is 0. The number of hydrogen-bond acceptors (Lipinski definition) is 20. The van der Waals surface area contributed by atoms with Crippen molar-refractivity contribution in [2.45, 2.75) is 0 Å². The summed E-state index contributed by atoms with van der Waals surface area (Å²) in [4.78, 5) is 0. The van der Waals surface area contributed by atoms with E-state index in [1.807, 2.05) is 0 Å². The molecule has 0 N–H and O–H groups in total. The van der Waals surface area contributed by atoms with Crippen LogP contribution in [0.4, 0.5) is 0 Å². The summed E-state index contributed by atoms with van der Waals surface area (Å²) in [6, 6.07) is 0. The van der Waals surface area contributed by atoms with E-state index in [1.54, 1.807) is 0 Å². The van der Waals surface area contributed by atoms with Crippen molar-refractivity contribution in [3.63, 3.8) is 0 Å². The second-order valence-electron chi connectivity index (χ2n) is 2.04. The molecule has 0 bridgehead atoms. The molecular formula is Al2Ni2O20S5. The van der Waals surface area contributed by atoms with Crippen molar-refractivity contribution in [2.24, 2.45) is 0 Å². The Morgan fingerprint density at radius 3 is 0.276 bits per heavy atom. The van der Waals surface area contributed by atoms with E-state index in [0.29, 0.717) is 0 Å². The molecule has 20 nitrogen and oxygen atoms in total. The maximum absolute atomic E-state index is 8.52. The van der Waals surface area contributed by atoms with Gasteiger partial charge in [-0.1, -0.05) is 0 Å². The molecule has 0 aliphatic carbocycles. The van der Waals surface area contributed by atoms with Gasteiger partial charge in [-0.05, 0) is 0 Å². The number of rotatable bonds is 0. The van der Waals surface area contributed by atoms with Crippen LogP contribution in [0, 0.1) is 0 Å². The molecule has 0 aliphatic heterocycles. The first-order chi connectivity index (χ1) is 10.0. The maximum atomic E-state index is 8.52. The van der Waals surface area contributed by atoms with Crippen LogP contribution in [-0.4, -0.2) is 122 Å². The van der Waals surface area contributed by atoms with E-state index in [9.17, 15) is 0 Å². The van der Waals surface area contributed by atoms with Gasteiger partial charge in [0, 0.05) is 52.0 Å². The predicted octanol–water partition coefficient (Wildman–Crippen LogP) is -7.46.